The maximum Gasteiger partial charge on any atom is 0.239 e. The molecule has 0 radical (unpaired) electrons. The van der Waals surface area contributed by atoms with E-state index in [1.807, 2.05) is 30.3 Å². The van der Waals surface area contributed by atoms with Gasteiger partial charge in [0, 0.05) is 12.6 Å². The second-order valence-corrected chi connectivity index (χ2v) is 5.36. The zero-order valence-corrected chi connectivity index (χ0v) is 14.2. The number of ether oxygens (including phenoxy) is 2. The van der Waals surface area contributed by atoms with Crippen molar-refractivity contribution in [3.63, 3.8) is 0 Å². The van der Waals surface area contributed by atoms with Crippen LogP contribution in [0, 0.1) is 0 Å². The molecule has 5 heteroatoms. The topological polar surface area (TPSA) is 59.6 Å². The van der Waals surface area contributed by atoms with E-state index in [2.05, 4.69) is 22.8 Å². The number of carbonyl (C=O) groups is 1. The zero-order chi connectivity index (χ0) is 17.2. The van der Waals surface area contributed by atoms with Gasteiger partial charge in [-0.3, -0.25) is 4.79 Å². The molecular formula is C19H24N2O3. The van der Waals surface area contributed by atoms with Gasteiger partial charge in [0.2, 0.25) is 5.91 Å². The van der Waals surface area contributed by atoms with Crippen molar-refractivity contribution < 1.29 is 14.3 Å². The van der Waals surface area contributed by atoms with Crippen molar-refractivity contribution in [1.29, 1.82) is 0 Å². The number of rotatable bonds is 9. The number of hydrogen-bond acceptors (Lipinski definition) is 4. The molecule has 0 aliphatic heterocycles. The molecule has 128 valence electrons. The minimum absolute atomic E-state index is 0.0482. The molecule has 0 saturated carbocycles. The van der Waals surface area contributed by atoms with Gasteiger partial charge in [-0.25, -0.2) is 0 Å². The molecule has 2 aromatic rings. The molecule has 1 amide bonds. The minimum Gasteiger partial charge on any atom is -0.497 e. The lowest BCUT2D eigenvalue weighted by Gasteiger charge is -2.12. The fourth-order valence-electron chi connectivity index (χ4n) is 2.36. The normalized spacial score (nSPS) is 10.1. The van der Waals surface area contributed by atoms with Crippen LogP contribution in [0.15, 0.2) is 48.5 Å². The van der Waals surface area contributed by atoms with E-state index in [1.165, 1.54) is 5.56 Å². The number of methoxy groups -OCH3 is 2. The molecule has 0 bridgehead atoms. The van der Waals surface area contributed by atoms with Gasteiger partial charge in [-0.1, -0.05) is 30.3 Å². The van der Waals surface area contributed by atoms with Gasteiger partial charge in [0.15, 0.2) is 0 Å². The standard InChI is InChI=1S/C19H24N2O3/c1-23-16-10-11-18(24-2)17(13-16)21-14-19(22)20-12-6-9-15-7-4-3-5-8-15/h3-5,7-8,10-11,13,21H,6,9,12,14H2,1-2H3,(H,20,22). The van der Waals surface area contributed by atoms with E-state index < -0.39 is 0 Å². The highest BCUT2D eigenvalue weighted by Gasteiger charge is 2.07. The van der Waals surface area contributed by atoms with E-state index >= 15 is 0 Å². The third-order valence-corrected chi connectivity index (χ3v) is 3.65. The molecule has 2 aromatic carbocycles. The number of carbonyl (C=O) groups excluding carboxylic acids is 1. The van der Waals surface area contributed by atoms with Crippen LogP contribution in [0.1, 0.15) is 12.0 Å². The molecule has 2 rings (SSSR count). The van der Waals surface area contributed by atoms with Crippen LogP contribution in [0.5, 0.6) is 11.5 Å². The van der Waals surface area contributed by atoms with Crippen molar-refractivity contribution in [2.75, 3.05) is 32.6 Å². The first-order chi connectivity index (χ1) is 11.7. The number of anilines is 1. The van der Waals surface area contributed by atoms with E-state index in [0.29, 0.717) is 18.0 Å². The van der Waals surface area contributed by atoms with E-state index in [4.69, 9.17) is 9.47 Å². The maximum absolute atomic E-state index is 11.9. The van der Waals surface area contributed by atoms with Gasteiger partial charge in [-0.15, -0.1) is 0 Å². The fourth-order valence-corrected chi connectivity index (χ4v) is 2.36. The number of nitrogens with one attached hydrogen (secondary N) is 2. The molecule has 0 aliphatic rings. The maximum atomic E-state index is 11.9. The monoisotopic (exact) mass is 328 g/mol. The molecule has 0 saturated heterocycles. The van der Waals surface area contributed by atoms with Crippen molar-refractivity contribution in [2.45, 2.75) is 12.8 Å². The highest BCUT2D eigenvalue weighted by Crippen LogP contribution is 2.28. The molecule has 0 aromatic heterocycles. The first-order valence-corrected chi connectivity index (χ1v) is 7.99. The predicted octanol–water partition coefficient (Wildman–Crippen LogP) is 2.86. The summed E-state index contributed by atoms with van der Waals surface area (Å²) in [6.07, 6.45) is 1.87. The van der Waals surface area contributed by atoms with Crippen LogP contribution in [0.3, 0.4) is 0 Å². The third kappa shape index (κ3) is 5.50. The Morgan fingerprint density at radius 2 is 1.83 bits per heavy atom. The molecular weight excluding hydrogens is 304 g/mol. The van der Waals surface area contributed by atoms with Gasteiger partial charge >= 0.3 is 0 Å². The highest BCUT2D eigenvalue weighted by atomic mass is 16.5. The van der Waals surface area contributed by atoms with Crippen LogP contribution in [0.25, 0.3) is 0 Å². The summed E-state index contributed by atoms with van der Waals surface area (Å²) in [6, 6.07) is 15.7. The second kappa shape index (κ2) is 9.45. The predicted molar refractivity (Wildman–Crippen MR) is 95.8 cm³/mol. The Balaban J connectivity index is 1.73. The average Bonchev–Trinajstić information content (AvgIpc) is 2.64. The zero-order valence-electron chi connectivity index (χ0n) is 14.2. The first kappa shape index (κ1) is 17.7. The summed E-state index contributed by atoms with van der Waals surface area (Å²) in [5, 5.41) is 6.00. The van der Waals surface area contributed by atoms with Gasteiger partial charge in [0.25, 0.3) is 0 Å². The smallest absolute Gasteiger partial charge is 0.239 e. The fraction of sp³-hybridized carbons (Fsp3) is 0.316. The van der Waals surface area contributed by atoms with Crippen LogP contribution in [0.4, 0.5) is 5.69 Å². The van der Waals surface area contributed by atoms with Gasteiger partial charge in [-0.05, 0) is 30.5 Å². The number of benzene rings is 2. The van der Waals surface area contributed by atoms with Crippen LogP contribution < -0.4 is 20.1 Å². The highest BCUT2D eigenvalue weighted by molar-refractivity contribution is 5.81. The largest absolute Gasteiger partial charge is 0.497 e. The lowest BCUT2D eigenvalue weighted by molar-refractivity contribution is -0.119. The lowest BCUT2D eigenvalue weighted by atomic mass is 10.1. The summed E-state index contributed by atoms with van der Waals surface area (Å²) in [5.74, 6) is 1.34. The van der Waals surface area contributed by atoms with E-state index in [-0.39, 0.29) is 12.5 Å². The Kier molecular flexibility index (Phi) is 6.95. The number of amides is 1. The molecule has 0 aliphatic carbocycles. The molecule has 0 heterocycles. The van der Waals surface area contributed by atoms with Gasteiger partial charge in [0.05, 0.1) is 26.5 Å². The summed E-state index contributed by atoms with van der Waals surface area (Å²) < 4.78 is 10.5. The summed E-state index contributed by atoms with van der Waals surface area (Å²) in [4.78, 5) is 11.9. The van der Waals surface area contributed by atoms with Gasteiger partial charge < -0.3 is 20.1 Å². The molecule has 5 nitrogen and oxygen atoms in total. The molecule has 0 fully saturated rings. The van der Waals surface area contributed by atoms with Crippen LogP contribution in [-0.4, -0.2) is 33.2 Å². The Hall–Kier alpha value is -2.69. The molecule has 24 heavy (non-hydrogen) atoms. The van der Waals surface area contributed by atoms with Crippen molar-refractivity contribution in [2.24, 2.45) is 0 Å². The Morgan fingerprint density at radius 3 is 2.54 bits per heavy atom. The molecule has 0 atom stereocenters. The van der Waals surface area contributed by atoms with Gasteiger partial charge in [0.1, 0.15) is 11.5 Å². The molecule has 0 unspecified atom stereocenters. The second-order valence-electron chi connectivity index (χ2n) is 5.36. The Morgan fingerprint density at radius 1 is 1.04 bits per heavy atom. The Labute approximate surface area is 143 Å². The Bertz CT molecular complexity index is 644. The average molecular weight is 328 g/mol. The van der Waals surface area contributed by atoms with Crippen LogP contribution >= 0.6 is 0 Å². The summed E-state index contributed by atoms with van der Waals surface area (Å²) in [7, 11) is 3.20. The lowest BCUT2D eigenvalue weighted by Crippen LogP contribution is -2.30. The van der Waals surface area contributed by atoms with Crippen molar-refractivity contribution >= 4 is 11.6 Å². The van der Waals surface area contributed by atoms with Crippen molar-refractivity contribution in [3.05, 3.63) is 54.1 Å². The van der Waals surface area contributed by atoms with E-state index in [0.717, 1.165) is 18.5 Å². The van der Waals surface area contributed by atoms with Gasteiger partial charge in [-0.2, -0.15) is 0 Å². The first-order valence-electron chi connectivity index (χ1n) is 7.99. The van der Waals surface area contributed by atoms with E-state index in [9.17, 15) is 4.79 Å². The van der Waals surface area contributed by atoms with Crippen LogP contribution in [0.2, 0.25) is 0 Å². The number of hydrogen-bond donors (Lipinski definition) is 2. The van der Waals surface area contributed by atoms with Crippen molar-refractivity contribution in [3.8, 4) is 11.5 Å². The van der Waals surface area contributed by atoms with Crippen molar-refractivity contribution in [1.82, 2.24) is 5.32 Å². The minimum atomic E-state index is -0.0482. The summed E-state index contributed by atoms with van der Waals surface area (Å²) in [5.41, 5.74) is 2.02. The SMILES string of the molecule is COc1ccc(OC)c(NCC(=O)NCCCc2ccccc2)c1. The number of aryl methyl sites for hydroxylation is 1. The molecule has 2 N–H and O–H groups in total. The van der Waals surface area contributed by atoms with Crippen LogP contribution in [-0.2, 0) is 11.2 Å². The molecule has 0 spiro atoms. The quantitative estimate of drug-likeness (QED) is 0.695. The summed E-state index contributed by atoms with van der Waals surface area (Å²) >= 11 is 0. The third-order valence-electron chi connectivity index (χ3n) is 3.65. The van der Waals surface area contributed by atoms with E-state index in [1.54, 1.807) is 20.3 Å². The summed E-state index contributed by atoms with van der Waals surface area (Å²) in [6.45, 7) is 0.847.